The van der Waals surface area contributed by atoms with Crippen LogP contribution < -0.4 is 9.61 Å². The van der Waals surface area contributed by atoms with Crippen molar-refractivity contribution in [1.82, 2.24) is 9.99 Å². The second kappa shape index (κ2) is 11.0. The fourth-order valence-electron chi connectivity index (χ4n) is 3.63. The Morgan fingerprint density at radius 3 is 2.51 bits per heavy atom. The van der Waals surface area contributed by atoms with Crippen molar-refractivity contribution in [2.24, 2.45) is 0 Å². The molecule has 2 heterocycles. The summed E-state index contributed by atoms with van der Waals surface area (Å²) in [4.78, 5) is 36.6. The van der Waals surface area contributed by atoms with Gasteiger partial charge < -0.3 is 19.1 Å². The van der Waals surface area contributed by atoms with Gasteiger partial charge in [0, 0.05) is 6.20 Å². The Morgan fingerprint density at radius 1 is 1.27 bits per heavy atom. The van der Waals surface area contributed by atoms with Gasteiger partial charge in [0.05, 0.1) is 12.5 Å². The number of allylic oxidation sites excluding steroid dienone is 1. The second-order valence-electron chi connectivity index (χ2n) is 9.08. The molecule has 2 aliphatic heterocycles. The number of aliphatic hydroxyl groups is 1. The van der Waals surface area contributed by atoms with E-state index in [-0.39, 0.29) is 5.75 Å². The van der Waals surface area contributed by atoms with Crippen LogP contribution in [0.2, 0.25) is 0 Å². The summed E-state index contributed by atoms with van der Waals surface area (Å²) in [6, 6.07) is 6.37. The molecule has 1 fully saturated rings. The fourth-order valence-corrected chi connectivity index (χ4v) is 5.13. The molecule has 1 amide bonds. The van der Waals surface area contributed by atoms with E-state index >= 15 is 8.78 Å². The molecule has 1 aromatic rings. The first kappa shape index (κ1) is 28.9. The average molecular weight is 546 g/mol. The SMILES string of the molecule is CC(C)OC(=O)[C@H](C)N[P@](=O)(OC[C@@]1(F)O[C@@H](N2C=CC(=O)CC2=O)[C@](C)(F)[C@@H]1O)Oc1ccccc1. The number of benzene rings is 1. The number of alkyl halides is 2. The van der Waals surface area contributed by atoms with E-state index in [1.54, 1.807) is 32.0 Å². The van der Waals surface area contributed by atoms with Gasteiger partial charge in [0.1, 0.15) is 18.4 Å². The lowest BCUT2D eigenvalue weighted by atomic mass is 9.96. The number of amides is 1. The van der Waals surface area contributed by atoms with Crippen LogP contribution in [0.5, 0.6) is 5.75 Å². The van der Waals surface area contributed by atoms with Crippen LogP contribution in [0, 0.1) is 0 Å². The molecule has 1 saturated heterocycles. The molecule has 14 heteroatoms. The molecule has 6 atom stereocenters. The topological polar surface area (TPSA) is 141 Å². The number of ketones is 1. The standard InChI is InChI=1S/C23H29F2N2O9P/c1-14(2)34-19(30)15(3)26-37(32,36-17-8-6-5-7-9-17)33-13-23(25)20(31)22(4,24)21(35-23)27-11-10-16(28)12-18(27)29/h5-11,14-15,20-21,31H,12-13H2,1-4H3,(H,26,32)/t15-,20-,21+,22+,23+,37-/m0/s1. The molecule has 204 valence electrons. The first-order valence-corrected chi connectivity index (χ1v) is 12.9. The van der Waals surface area contributed by atoms with Gasteiger partial charge in [-0.2, -0.15) is 5.09 Å². The Morgan fingerprint density at radius 2 is 1.92 bits per heavy atom. The molecule has 0 aromatic heterocycles. The summed E-state index contributed by atoms with van der Waals surface area (Å²) in [5, 5.41) is 12.8. The molecule has 0 unspecified atom stereocenters. The first-order valence-electron chi connectivity index (χ1n) is 11.4. The quantitative estimate of drug-likeness (QED) is 0.256. The molecule has 0 saturated carbocycles. The van der Waals surface area contributed by atoms with Crippen LogP contribution in [0.25, 0.3) is 0 Å². The van der Waals surface area contributed by atoms with Crippen LogP contribution in [0.1, 0.15) is 34.1 Å². The summed E-state index contributed by atoms with van der Waals surface area (Å²) < 4.78 is 65.6. The third-order valence-electron chi connectivity index (χ3n) is 5.48. The molecule has 0 spiro atoms. The van der Waals surface area contributed by atoms with E-state index in [1.807, 2.05) is 0 Å². The number of carbonyl (C=O) groups is 3. The lowest BCUT2D eigenvalue weighted by Gasteiger charge is -2.32. The summed E-state index contributed by atoms with van der Waals surface area (Å²) in [6.45, 7) is 4.01. The number of carbonyl (C=O) groups excluding carboxylic acids is 3. The van der Waals surface area contributed by atoms with Crippen LogP contribution in [-0.4, -0.2) is 70.3 Å². The molecule has 0 radical (unpaired) electrons. The Labute approximate surface area is 212 Å². The number of halogens is 2. The molecule has 37 heavy (non-hydrogen) atoms. The summed E-state index contributed by atoms with van der Waals surface area (Å²) in [5.41, 5.74) is -2.86. The second-order valence-corrected chi connectivity index (χ2v) is 10.8. The number of hydrogen-bond donors (Lipinski definition) is 2. The first-order chi connectivity index (χ1) is 17.2. The monoisotopic (exact) mass is 546 g/mol. The highest BCUT2D eigenvalue weighted by atomic mass is 31.2. The van der Waals surface area contributed by atoms with Crippen molar-refractivity contribution in [3.8, 4) is 5.75 Å². The Bertz CT molecular complexity index is 1100. The number of hydrogen-bond acceptors (Lipinski definition) is 9. The molecule has 2 aliphatic rings. The molecular weight excluding hydrogens is 517 g/mol. The Hall–Kier alpha value is -2.70. The minimum Gasteiger partial charge on any atom is -0.462 e. The molecular formula is C23H29F2N2O9P. The normalized spacial score (nSPS) is 30.3. The van der Waals surface area contributed by atoms with Gasteiger partial charge in [-0.15, -0.1) is 0 Å². The van der Waals surface area contributed by atoms with Gasteiger partial charge in [0.25, 0.3) is 5.85 Å². The van der Waals surface area contributed by atoms with Gasteiger partial charge in [0.2, 0.25) is 5.91 Å². The van der Waals surface area contributed by atoms with Gasteiger partial charge >= 0.3 is 13.7 Å². The third-order valence-corrected chi connectivity index (χ3v) is 7.10. The lowest BCUT2D eigenvalue weighted by molar-refractivity contribution is -0.209. The van der Waals surface area contributed by atoms with Gasteiger partial charge in [0.15, 0.2) is 23.8 Å². The van der Waals surface area contributed by atoms with Gasteiger partial charge in [-0.3, -0.25) is 23.8 Å². The Balaban J connectivity index is 1.82. The lowest BCUT2D eigenvalue weighted by Crippen LogP contribution is -2.52. The number of ether oxygens (including phenoxy) is 2. The average Bonchev–Trinajstić information content (AvgIpc) is 2.98. The van der Waals surface area contributed by atoms with E-state index < -0.39 is 74.4 Å². The predicted molar refractivity (Wildman–Crippen MR) is 124 cm³/mol. The van der Waals surface area contributed by atoms with Gasteiger partial charge in [-0.25, -0.2) is 13.3 Å². The molecule has 2 N–H and O–H groups in total. The van der Waals surface area contributed by atoms with Gasteiger partial charge in [-0.1, -0.05) is 18.2 Å². The van der Waals surface area contributed by atoms with Crippen molar-refractivity contribution < 1.29 is 51.4 Å². The molecule has 1 aromatic carbocycles. The summed E-state index contributed by atoms with van der Waals surface area (Å²) in [5.74, 6) is -5.47. The smallest absolute Gasteiger partial charge is 0.459 e. The molecule has 0 bridgehead atoms. The summed E-state index contributed by atoms with van der Waals surface area (Å²) >= 11 is 0. The number of para-hydroxylation sites is 1. The molecule has 3 rings (SSSR count). The zero-order valence-electron chi connectivity index (χ0n) is 20.6. The van der Waals surface area contributed by atoms with E-state index in [0.717, 1.165) is 19.2 Å². The van der Waals surface area contributed by atoms with Crippen molar-refractivity contribution in [3.05, 3.63) is 42.6 Å². The van der Waals surface area contributed by atoms with Crippen LogP contribution in [0.15, 0.2) is 42.6 Å². The minimum atomic E-state index is -4.57. The zero-order chi connectivity index (χ0) is 27.6. The maximum Gasteiger partial charge on any atom is 0.459 e. The highest BCUT2D eigenvalue weighted by molar-refractivity contribution is 7.52. The van der Waals surface area contributed by atoms with Gasteiger partial charge in [-0.05, 0) is 45.9 Å². The van der Waals surface area contributed by atoms with E-state index in [9.17, 15) is 24.1 Å². The molecule has 0 aliphatic carbocycles. The maximum atomic E-state index is 15.8. The van der Waals surface area contributed by atoms with Crippen LogP contribution >= 0.6 is 7.75 Å². The third kappa shape index (κ3) is 6.60. The maximum absolute atomic E-state index is 15.8. The zero-order valence-corrected chi connectivity index (χ0v) is 21.5. The summed E-state index contributed by atoms with van der Waals surface area (Å²) in [7, 11) is -4.57. The van der Waals surface area contributed by atoms with Crippen molar-refractivity contribution in [3.63, 3.8) is 0 Å². The predicted octanol–water partition coefficient (Wildman–Crippen LogP) is 2.55. The highest BCUT2D eigenvalue weighted by Gasteiger charge is 2.66. The van der Waals surface area contributed by atoms with Crippen molar-refractivity contribution in [2.75, 3.05) is 6.61 Å². The van der Waals surface area contributed by atoms with Crippen LogP contribution in [0.3, 0.4) is 0 Å². The number of rotatable bonds is 10. The summed E-state index contributed by atoms with van der Waals surface area (Å²) in [6.07, 6.45) is -3.61. The number of esters is 1. The highest BCUT2D eigenvalue weighted by Crippen LogP contribution is 2.50. The minimum absolute atomic E-state index is 0.0329. The van der Waals surface area contributed by atoms with Crippen LogP contribution in [0.4, 0.5) is 8.78 Å². The van der Waals surface area contributed by atoms with Crippen molar-refractivity contribution in [2.45, 2.75) is 70.1 Å². The largest absolute Gasteiger partial charge is 0.462 e. The van der Waals surface area contributed by atoms with Crippen LogP contribution in [-0.2, 0) is 32.9 Å². The fraction of sp³-hybridized carbons (Fsp3) is 0.522. The Kier molecular flexibility index (Phi) is 8.55. The number of nitrogens with zero attached hydrogens (tertiary/aromatic N) is 1. The van der Waals surface area contributed by atoms with E-state index in [2.05, 4.69) is 5.09 Å². The van der Waals surface area contributed by atoms with E-state index in [4.69, 9.17) is 18.5 Å². The number of nitrogens with one attached hydrogen (secondary N) is 1. The molecule has 11 nitrogen and oxygen atoms in total. The van der Waals surface area contributed by atoms with Crippen molar-refractivity contribution in [1.29, 1.82) is 0 Å². The van der Waals surface area contributed by atoms with E-state index in [1.165, 1.54) is 19.1 Å². The number of aliphatic hydroxyl groups excluding tert-OH is 1. The van der Waals surface area contributed by atoms with Crippen molar-refractivity contribution >= 4 is 25.4 Å². The van der Waals surface area contributed by atoms with E-state index in [0.29, 0.717) is 4.90 Å².